The van der Waals surface area contributed by atoms with Crippen molar-refractivity contribution in [1.82, 2.24) is 4.98 Å². The molecule has 2 rings (SSSR count). The molecule has 18 heavy (non-hydrogen) atoms. The SMILES string of the molecule is CCCCC=Cc1c(C)c(C)nc2ccccc12. The van der Waals surface area contributed by atoms with E-state index in [1.54, 1.807) is 0 Å². The lowest BCUT2D eigenvalue weighted by molar-refractivity contribution is 0.816. The highest BCUT2D eigenvalue weighted by Gasteiger charge is 2.05. The van der Waals surface area contributed by atoms with Crippen LogP contribution in [-0.4, -0.2) is 4.98 Å². The Labute approximate surface area is 110 Å². The predicted octanol–water partition coefficient (Wildman–Crippen LogP) is 5.06. The van der Waals surface area contributed by atoms with Gasteiger partial charge < -0.3 is 0 Å². The minimum atomic E-state index is 1.09. The van der Waals surface area contributed by atoms with E-state index in [9.17, 15) is 0 Å². The fraction of sp³-hybridized carbons (Fsp3) is 0.353. The number of nitrogens with zero attached hydrogens (tertiary/aromatic N) is 1. The molecule has 0 amide bonds. The van der Waals surface area contributed by atoms with Gasteiger partial charge in [-0.3, -0.25) is 4.98 Å². The van der Waals surface area contributed by atoms with E-state index in [1.807, 2.05) is 0 Å². The standard InChI is InChI=1S/C17H21N/c1-4-5-6-7-10-15-13(2)14(3)18-17-12-9-8-11-16(15)17/h7-12H,4-6H2,1-3H3. The second-order valence-electron chi connectivity index (χ2n) is 4.80. The Balaban J connectivity index is 2.46. The quantitative estimate of drug-likeness (QED) is 0.680. The number of aromatic nitrogens is 1. The molecule has 0 radical (unpaired) electrons. The summed E-state index contributed by atoms with van der Waals surface area (Å²) in [7, 11) is 0. The minimum absolute atomic E-state index is 1.09. The van der Waals surface area contributed by atoms with Gasteiger partial charge in [-0.1, -0.05) is 50.1 Å². The number of para-hydroxylation sites is 1. The van der Waals surface area contributed by atoms with Crippen LogP contribution in [0.15, 0.2) is 30.3 Å². The van der Waals surface area contributed by atoms with Gasteiger partial charge in [0.15, 0.2) is 0 Å². The lowest BCUT2D eigenvalue weighted by Gasteiger charge is -2.09. The van der Waals surface area contributed by atoms with Crippen molar-refractivity contribution < 1.29 is 0 Å². The second-order valence-corrected chi connectivity index (χ2v) is 4.80. The average molecular weight is 239 g/mol. The van der Waals surface area contributed by atoms with Crippen LogP contribution >= 0.6 is 0 Å². The van der Waals surface area contributed by atoms with E-state index in [2.05, 4.69) is 62.2 Å². The number of rotatable bonds is 4. The van der Waals surface area contributed by atoms with Gasteiger partial charge in [0.25, 0.3) is 0 Å². The van der Waals surface area contributed by atoms with Gasteiger partial charge in [0, 0.05) is 11.1 Å². The number of fused-ring (bicyclic) bond motifs is 1. The van der Waals surface area contributed by atoms with E-state index in [1.165, 1.54) is 29.4 Å². The van der Waals surface area contributed by atoms with E-state index >= 15 is 0 Å². The number of unbranched alkanes of at least 4 members (excludes halogenated alkanes) is 2. The van der Waals surface area contributed by atoms with Crippen LogP contribution in [0.2, 0.25) is 0 Å². The maximum Gasteiger partial charge on any atom is 0.0711 e. The molecule has 1 heteroatoms. The number of hydrogen-bond donors (Lipinski definition) is 0. The fourth-order valence-electron chi connectivity index (χ4n) is 2.20. The number of pyridine rings is 1. The molecule has 94 valence electrons. The summed E-state index contributed by atoms with van der Waals surface area (Å²) >= 11 is 0. The van der Waals surface area contributed by atoms with Crippen molar-refractivity contribution >= 4 is 17.0 Å². The zero-order valence-corrected chi connectivity index (χ0v) is 11.5. The molecule has 0 unspecified atom stereocenters. The van der Waals surface area contributed by atoms with Crippen LogP contribution < -0.4 is 0 Å². The first-order valence-corrected chi connectivity index (χ1v) is 6.76. The van der Waals surface area contributed by atoms with Crippen molar-refractivity contribution in [3.63, 3.8) is 0 Å². The molecule has 0 N–H and O–H groups in total. The van der Waals surface area contributed by atoms with Crippen LogP contribution in [0.3, 0.4) is 0 Å². The molecule has 0 fully saturated rings. The summed E-state index contributed by atoms with van der Waals surface area (Å²) in [6, 6.07) is 8.39. The van der Waals surface area contributed by atoms with Crippen LogP contribution in [0.25, 0.3) is 17.0 Å². The maximum absolute atomic E-state index is 4.65. The summed E-state index contributed by atoms with van der Waals surface area (Å²) in [5.74, 6) is 0. The first kappa shape index (κ1) is 12.8. The van der Waals surface area contributed by atoms with Gasteiger partial charge in [0.1, 0.15) is 0 Å². The molecule has 0 aliphatic rings. The van der Waals surface area contributed by atoms with Crippen molar-refractivity contribution in [2.45, 2.75) is 40.0 Å². The van der Waals surface area contributed by atoms with Gasteiger partial charge in [-0.05, 0) is 37.5 Å². The number of aryl methyl sites for hydroxylation is 1. The minimum Gasteiger partial charge on any atom is -0.253 e. The van der Waals surface area contributed by atoms with E-state index in [0.29, 0.717) is 0 Å². The fourth-order valence-corrected chi connectivity index (χ4v) is 2.20. The largest absolute Gasteiger partial charge is 0.253 e. The second kappa shape index (κ2) is 5.81. The third-order valence-electron chi connectivity index (χ3n) is 3.44. The van der Waals surface area contributed by atoms with E-state index in [4.69, 9.17) is 0 Å². The van der Waals surface area contributed by atoms with Gasteiger partial charge in [0.05, 0.1) is 5.52 Å². The molecule has 0 aliphatic carbocycles. The molecule has 0 saturated carbocycles. The van der Waals surface area contributed by atoms with Gasteiger partial charge in [0.2, 0.25) is 0 Å². The summed E-state index contributed by atoms with van der Waals surface area (Å²) in [5.41, 5.74) is 4.84. The maximum atomic E-state index is 4.65. The topological polar surface area (TPSA) is 12.9 Å². The molecule has 0 spiro atoms. The van der Waals surface area contributed by atoms with Crippen molar-refractivity contribution in [2.75, 3.05) is 0 Å². The molecule has 2 aromatic rings. The lowest BCUT2D eigenvalue weighted by Crippen LogP contribution is -1.93. The molecule has 0 aliphatic heterocycles. The summed E-state index contributed by atoms with van der Waals surface area (Å²) < 4.78 is 0. The highest BCUT2D eigenvalue weighted by molar-refractivity contribution is 5.89. The van der Waals surface area contributed by atoms with E-state index < -0.39 is 0 Å². The Kier molecular flexibility index (Phi) is 4.14. The summed E-state index contributed by atoms with van der Waals surface area (Å²) in [5, 5.41) is 1.26. The molecular formula is C17H21N. The van der Waals surface area contributed by atoms with Gasteiger partial charge in [-0.15, -0.1) is 0 Å². The molecule has 1 nitrogen and oxygen atoms in total. The van der Waals surface area contributed by atoms with Crippen LogP contribution in [0.4, 0.5) is 0 Å². The monoisotopic (exact) mass is 239 g/mol. The zero-order valence-electron chi connectivity index (χ0n) is 11.5. The van der Waals surface area contributed by atoms with Crippen LogP contribution in [0.5, 0.6) is 0 Å². The summed E-state index contributed by atoms with van der Waals surface area (Å²) in [6.07, 6.45) is 8.22. The molecule has 1 heterocycles. The Bertz CT molecular complexity index is 567. The Hall–Kier alpha value is -1.63. The van der Waals surface area contributed by atoms with Gasteiger partial charge >= 0.3 is 0 Å². The third kappa shape index (κ3) is 2.61. The summed E-state index contributed by atoms with van der Waals surface area (Å²) in [6.45, 7) is 6.48. The smallest absolute Gasteiger partial charge is 0.0711 e. The first-order valence-electron chi connectivity index (χ1n) is 6.76. The molecule has 0 bridgehead atoms. The first-order chi connectivity index (χ1) is 8.74. The Morgan fingerprint density at radius 1 is 1.17 bits per heavy atom. The zero-order chi connectivity index (χ0) is 13.0. The van der Waals surface area contributed by atoms with E-state index in [-0.39, 0.29) is 0 Å². The Morgan fingerprint density at radius 3 is 2.72 bits per heavy atom. The molecule has 0 saturated heterocycles. The Morgan fingerprint density at radius 2 is 1.94 bits per heavy atom. The van der Waals surface area contributed by atoms with Crippen LogP contribution in [0.1, 0.15) is 43.0 Å². The van der Waals surface area contributed by atoms with Gasteiger partial charge in [-0.2, -0.15) is 0 Å². The molecular weight excluding hydrogens is 218 g/mol. The molecule has 1 aromatic carbocycles. The third-order valence-corrected chi connectivity index (χ3v) is 3.44. The van der Waals surface area contributed by atoms with Crippen molar-refractivity contribution in [2.24, 2.45) is 0 Å². The average Bonchev–Trinajstić information content (AvgIpc) is 2.38. The number of benzene rings is 1. The van der Waals surface area contributed by atoms with Crippen LogP contribution in [-0.2, 0) is 0 Å². The lowest BCUT2D eigenvalue weighted by atomic mass is 10.0. The van der Waals surface area contributed by atoms with Crippen molar-refractivity contribution in [1.29, 1.82) is 0 Å². The van der Waals surface area contributed by atoms with Crippen LogP contribution in [0, 0.1) is 13.8 Å². The highest BCUT2D eigenvalue weighted by Crippen LogP contribution is 2.24. The van der Waals surface area contributed by atoms with Crippen molar-refractivity contribution in [3.05, 3.63) is 47.2 Å². The number of allylic oxidation sites excluding steroid dienone is 1. The molecule has 0 atom stereocenters. The highest BCUT2D eigenvalue weighted by atomic mass is 14.7. The normalized spacial score (nSPS) is 11.5. The van der Waals surface area contributed by atoms with Gasteiger partial charge in [-0.25, -0.2) is 0 Å². The molecule has 1 aromatic heterocycles. The summed E-state index contributed by atoms with van der Waals surface area (Å²) in [4.78, 5) is 4.65. The van der Waals surface area contributed by atoms with E-state index in [0.717, 1.165) is 17.6 Å². The number of hydrogen-bond acceptors (Lipinski definition) is 1. The predicted molar refractivity (Wildman–Crippen MR) is 79.8 cm³/mol. The van der Waals surface area contributed by atoms with Crippen molar-refractivity contribution in [3.8, 4) is 0 Å².